The lowest BCUT2D eigenvalue weighted by Gasteiger charge is -2.20. The van der Waals surface area contributed by atoms with Crippen molar-refractivity contribution in [3.05, 3.63) is 65.5 Å². The number of hydrogen-bond acceptors (Lipinski definition) is 3. The van der Waals surface area contributed by atoms with Crippen molar-refractivity contribution in [3.63, 3.8) is 0 Å². The molecule has 2 rings (SSSR count). The average molecular weight is 367 g/mol. The van der Waals surface area contributed by atoms with Crippen LogP contribution in [0.3, 0.4) is 0 Å². The number of hydrogen-bond donors (Lipinski definition) is 0. The quantitative estimate of drug-likeness (QED) is 0.638. The number of ether oxygens (including phenoxy) is 1. The highest BCUT2D eigenvalue weighted by atomic mass is 19.1. The van der Waals surface area contributed by atoms with E-state index in [0.29, 0.717) is 18.6 Å². The molecule has 0 saturated heterocycles. The molecule has 0 atom stereocenters. The minimum absolute atomic E-state index is 0.142. The van der Waals surface area contributed by atoms with Crippen LogP contribution < -0.4 is 4.74 Å². The van der Waals surface area contributed by atoms with Crippen molar-refractivity contribution in [1.29, 1.82) is 0 Å². The van der Waals surface area contributed by atoms with Crippen molar-refractivity contribution in [1.82, 2.24) is 4.90 Å². The molecule has 0 heterocycles. The topological polar surface area (TPSA) is 46.6 Å². The first-order valence-corrected chi connectivity index (χ1v) is 8.65. The Kier molecular flexibility index (Phi) is 7.57. The summed E-state index contributed by atoms with van der Waals surface area (Å²) < 4.78 is 18.6. The molecule has 0 unspecified atom stereocenters. The third-order valence-corrected chi connectivity index (χ3v) is 3.97. The number of carbonyl (C=O) groups is 2. The van der Waals surface area contributed by atoms with Gasteiger partial charge in [0, 0.05) is 13.0 Å². The van der Waals surface area contributed by atoms with E-state index in [9.17, 15) is 14.0 Å². The summed E-state index contributed by atoms with van der Waals surface area (Å²) in [5.41, 5.74) is 1.82. The number of Topliss-reactive ketones (excluding diaryl/α,β-unsaturated/α-hetero) is 1. The Morgan fingerprint density at radius 2 is 1.70 bits per heavy atom. The molecule has 0 spiro atoms. The molecule has 0 aliphatic rings. The molecular weight excluding hydrogens is 345 g/mol. The zero-order chi connectivity index (χ0) is 19.6. The van der Waals surface area contributed by atoms with Gasteiger partial charge in [-0.05, 0) is 48.7 Å². The number of nitrogens with zero attached hydrogens (tertiary/aromatic N) is 1. The Morgan fingerprint density at radius 1 is 1.07 bits per heavy atom. The van der Waals surface area contributed by atoms with E-state index in [-0.39, 0.29) is 37.2 Å². The molecule has 2 aromatic carbocycles. The number of benzene rings is 2. The van der Waals surface area contributed by atoms with Crippen LogP contribution in [-0.2, 0) is 22.6 Å². The fourth-order valence-electron chi connectivity index (χ4n) is 2.46. The fraction of sp³-hybridized carbons (Fsp3) is 0.273. The monoisotopic (exact) mass is 367 g/mol. The minimum atomic E-state index is -0.330. The number of ketones is 1. The molecule has 140 valence electrons. The Morgan fingerprint density at radius 3 is 2.30 bits per heavy atom. The smallest absolute Gasteiger partial charge is 0.261 e. The summed E-state index contributed by atoms with van der Waals surface area (Å²) in [4.78, 5) is 24.9. The van der Waals surface area contributed by atoms with E-state index in [4.69, 9.17) is 11.2 Å². The molecule has 0 radical (unpaired) electrons. The molecular formula is C22H22FNO3. The molecule has 5 heteroatoms. The van der Waals surface area contributed by atoms with Gasteiger partial charge >= 0.3 is 0 Å². The van der Waals surface area contributed by atoms with Crippen molar-refractivity contribution in [2.24, 2.45) is 0 Å². The molecule has 0 bridgehead atoms. The third-order valence-electron chi connectivity index (χ3n) is 3.97. The fourth-order valence-corrected chi connectivity index (χ4v) is 2.46. The van der Waals surface area contributed by atoms with Gasteiger partial charge in [-0.3, -0.25) is 4.79 Å². The van der Waals surface area contributed by atoms with E-state index in [1.165, 1.54) is 17.0 Å². The summed E-state index contributed by atoms with van der Waals surface area (Å²) in [6.45, 7) is 1.85. The number of carbonyl (C=O) groups excluding carboxylic acids is 2. The van der Waals surface area contributed by atoms with E-state index in [1.54, 1.807) is 31.2 Å². The highest BCUT2D eigenvalue weighted by molar-refractivity contribution is 5.78. The standard InChI is InChI=1S/C22H22FNO3/c1-3-14-24(15-19-6-10-20(23)11-7-19)22(26)16-27-21-12-8-18(9-13-21)5-4-17(2)25/h1,6-13H,4-5,14-16H2,2H3. The maximum Gasteiger partial charge on any atom is 0.261 e. The van der Waals surface area contributed by atoms with Crippen LogP contribution in [0.25, 0.3) is 0 Å². The summed E-state index contributed by atoms with van der Waals surface area (Å²) in [5, 5.41) is 0. The summed E-state index contributed by atoms with van der Waals surface area (Å²) >= 11 is 0. The lowest BCUT2D eigenvalue weighted by molar-refractivity contribution is -0.133. The molecule has 0 fully saturated rings. The second kappa shape index (κ2) is 10.1. The molecule has 1 amide bonds. The number of aryl methyl sites for hydroxylation is 1. The van der Waals surface area contributed by atoms with Crippen LogP contribution in [0, 0.1) is 18.2 Å². The average Bonchev–Trinajstić information content (AvgIpc) is 2.66. The van der Waals surface area contributed by atoms with Crippen LogP contribution >= 0.6 is 0 Å². The molecule has 0 N–H and O–H groups in total. The van der Waals surface area contributed by atoms with Crippen molar-refractivity contribution >= 4 is 11.7 Å². The van der Waals surface area contributed by atoms with Gasteiger partial charge in [0.15, 0.2) is 6.61 Å². The Hall–Kier alpha value is -3.13. The van der Waals surface area contributed by atoms with Crippen LogP contribution in [0.5, 0.6) is 5.75 Å². The first-order chi connectivity index (χ1) is 13.0. The number of halogens is 1. The molecule has 2 aromatic rings. The van der Waals surface area contributed by atoms with E-state index in [1.807, 2.05) is 12.1 Å². The first kappa shape index (κ1) is 20.2. The van der Waals surface area contributed by atoms with Crippen molar-refractivity contribution in [3.8, 4) is 18.1 Å². The molecule has 0 aromatic heterocycles. The largest absolute Gasteiger partial charge is 0.484 e. The van der Waals surface area contributed by atoms with Crippen molar-refractivity contribution in [2.75, 3.05) is 13.2 Å². The molecule has 27 heavy (non-hydrogen) atoms. The van der Waals surface area contributed by atoms with Crippen molar-refractivity contribution < 1.29 is 18.7 Å². The Labute approximate surface area is 158 Å². The second-order valence-electron chi connectivity index (χ2n) is 6.22. The normalized spacial score (nSPS) is 10.1. The number of rotatable bonds is 9. The van der Waals surface area contributed by atoms with Gasteiger partial charge < -0.3 is 14.4 Å². The lowest BCUT2D eigenvalue weighted by atomic mass is 10.1. The highest BCUT2D eigenvalue weighted by Gasteiger charge is 2.14. The Bertz CT molecular complexity index is 807. The zero-order valence-corrected chi connectivity index (χ0v) is 15.3. The summed E-state index contributed by atoms with van der Waals surface area (Å²) in [5.74, 6) is 2.59. The van der Waals surface area contributed by atoms with E-state index in [2.05, 4.69) is 5.92 Å². The number of amides is 1. The molecule has 4 nitrogen and oxygen atoms in total. The van der Waals surface area contributed by atoms with Gasteiger partial charge in [-0.1, -0.05) is 30.2 Å². The van der Waals surface area contributed by atoms with Gasteiger partial charge in [-0.2, -0.15) is 0 Å². The zero-order valence-electron chi connectivity index (χ0n) is 15.3. The summed E-state index contributed by atoms with van der Waals surface area (Å²) in [6, 6.07) is 13.2. The van der Waals surface area contributed by atoms with Crippen LogP contribution in [-0.4, -0.2) is 29.7 Å². The van der Waals surface area contributed by atoms with Crippen LogP contribution in [0.15, 0.2) is 48.5 Å². The van der Waals surface area contributed by atoms with Gasteiger partial charge in [0.1, 0.15) is 17.3 Å². The Balaban J connectivity index is 1.90. The van der Waals surface area contributed by atoms with Crippen molar-refractivity contribution in [2.45, 2.75) is 26.3 Å². The molecule has 0 aliphatic carbocycles. The molecule has 0 aliphatic heterocycles. The van der Waals surface area contributed by atoms with E-state index < -0.39 is 0 Å². The summed E-state index contributed by atoms with van der Waals surface area (Å²) in [7, 11) is 0. The van der Waals surface area contributed by atoms with Gasteiger partial charge in [-0.15, -0.1) is 6.42 Å². The van der Waals surface area contributed by atoms with Gasteiger partial charge in [0.2, 0.25) is 0 Å². The second-order valence-corrected chi connectivity index (χ2v) is 6.22. The van der Waals surface area contributed by atoms with Crippen LogP contribution in [0.2, 0.25) is 0 Å². The van der Waals surface area contributed by atoms with E-state index in [0.717, 1.165) is 11.1 Å². The first-order valence-electron chi connectivity index (χ1n) is 8.65. The molecule has 0 saturated carbocycles. The predicted molar refractivity (Wildman–Crippen MR) is 102 cm³/mol. The maximum absolute atomic E-state index is 13.0. The number of terminal acetylenes is 1. The predicted octanol–water partition coefficient (Wildman–Crippen LogP) is 3.39. The lowest BCUT2D eigenvalue weighted by Crippen LogP contribution is -2.34. The highest BCUT2D eigenvalue weighted by Crippen LogP contribution is 2.14. The maximum atomic E-state index is 13.0. The van der Waals surface area contributed by atoms with Crippen LogP contribution in [0.1, 0.15) is 24.5 Å². The van der Waals surface area contributed by atoms with Gasteiger partial charge in [0.25, 0.3) is 5.91 Å². The van der Waals surface area contributed by atoms with Crippen LogP contribution in [0.4, 0.5) is 4.39 Å². The van der Waals surface area contributed by atoms with E-state index >= 15 is 0 Å². The SMILES string of the molecule is C#CCN(Cc1ccc(F)cc1)C(=O)COc1ccc(CCC(C)=O)cc1. The van der Waals surface area contributed by atoms with Gasteiger partial charge in [-0.25, -0.2) is 4.39 Å². The summed E-state index contributed by atoms with van der Waals surface area (Å²) in [6.07, 6.45) is 6.54. The third kappa shape index (κ3) is 6.95. The minimum Gasteiger partial charge on any atom is -0.484 e. The van der Waals surface area contributed by atoms with Gasteiger partial charge in [0.05, 0.1) is 6.54 Å².